The van der Waals surface area contributed by atoms with Crippen LogP contribution in [0, 0.1) is 0 Å². The van der Waals surface area contributed by atoms with Crippen molar-refractivity contribution in [2.24, 2.45) is 5.73 Å². The summed E-state index contributed by atoms with van der Waals surface area (Å²) in [5.74, 6) is -1.31. The molecule has 0 atom stereocenters. The molecule has 0 aliphatic carbocycles. The van der Waals surface area contributed by atoms with Gasteiger partial charge in [0.1, 0.15) is 0 Å². The van der Waals surface area contributed by atoms with Crippen molar-refractivity contribution < 1.29 is 14.7 Å². The molecular weight excluding hydrogens is 242 g/mol. The largest absolute Gasteiger partial charge is 0.476 e. The molecule has 0 saturated carbocycles. The third kappa shape index (κ3) is 2.62. The molecule has 3 N–H and O–H groups in total. The van der Waals surface area contributed by atoms with Gasteiger partial charge in [-0.3, -0.25) is 4.79 Å². The first-order valence-electron chi connectivity index (χ1n) is 5.31. The molecule has 7 heteroatoms. The minimum atomic E-state index is -1.11. The Bertz CT molecular complexity index is 438. The fourth-order valence-electron chi connectivity index (χ4n) is 1.71. The van der Waals surface area contributed by atoms with Gasteiger partial charge in [-0.25, -0.2) is 9.78 Å². The summed E-state index contributed by atoms with van der Waals surface area (Å²) < 4.78 is 0. The monoisotopic (exact) mass is 255 g/mol. The van der Waals surface area contributed by atoms with E-state index in [1.54, 1.807) is 4.90 Å². The van der Waals surface area contributed by atoms with E-state index in [2.05, 4.69) is 4.98 Å². The van der Waals surface area contributed by atoms with Crippen LogP contribution in [-0.4, -0.2) is 46.0 Å². The zero-order valence-electron chi connectivity index (χ0n) is 9.13. The average Bonchev–Trinajstić information content (AvgIpc) is 2.78. The maximum absolute atomic E-state index is 12.0. The lowest BCUT2D eigenvalue weighted by Gasteiger charge is -2.29. The molecule has 0 spiro atoms. The lowest BCUT2D eigenvalue weighted by Crippen LogP contribution is -2.42. The van der Waals surface area contributed by atoms with Crippen molar-refractivity contribution in [2.75, 3.05) is 13.1 Å². The highest BCUT2D eigenvalue weighted by Crippen LogP contribution is 2.16. The smallest absolute Gasteiger partial charge is 0.355 e. The van der Waals surface area contributed by atoms with Gasteiger partial charge in [0.25, 0.3) is 5.91 Å². The van der Waals surface area contributed by atoms with E-state index in [1.165, 1.54) is 5.38 Å². The SMILES string of the molecule is NC1CCN(C(=O)c2nc(C(=O)O)cs2)CC1. The van der Waals surface area contributed by atoms with Crippen LogP contribution in [0.15, 0.2) is 5.38 Å². The van der Waals surface area contributed by atoms with Gasteiger partial charge in [0, 0.05) is 24.5 Å². The second-order valence-corrected chi connectivity index (χ2v) is 4.83. The van der Waals surface area contributed by atoms with Crippen LogP contribution in [0.2, 0.25) is 0 Å². The third-order valence-electron chi connectivity index (χ3n) is 2.73. The molecule has 6 nitrogen and oxygen atoms in total. The maximum Gasteiger partial charge on any atom is 0.355 e. The summed E-state index contributed by atoms with van der Waals surface area (Å²) in [5, 5.41) is 10.3. The number of nitrogens with two attached hydrogens (primary N) is 1. The van der Waals surface area contributed by atoms with Gasteiger partial charge in [0.05, 0.1) is 0 Å². The van der Waals surface area contributed by atoms with E-state index in [0.717, 1.165) is 24.2 Å². The molecule has 1 aromatic heterocycles. The first kappa shape index (κ1) is 12.0. The van der Waals surface area contributed by atoms with Crippen LogP contribution in [-0.2, 0) is 0 Å². The predicted octanol–water partition coefficient (Wildman–Crippen LogP) is 0.405. The number of aromatic nitrogens is 1. The summed E-state index contributed by atoms with van der Waals surface area (Å²) in [5.41, 5.74) is 5.67. The Hall–Kier alpha value is -1.47. The molecule has 2 rings (SSSR count). The molecule has 17 heavy (non-hydrogen) atoms. The molecule has 0 unspecified atom stereocenters. The van der Waals surface area contributed by atoms with Gasteiger partial charge < -0.3 is 15.7 Å². The van der Waals surface area contributed by atoms with Gasteiger partial charge in [-0.1, -0.05) is 0 Å². The minimum Gasteiger partial charge on any atom is -0.476 e. The van der Waals surface area contributed by atoms with Crippen molar-refractivity contribution in [1.29, 1.82) is 0 Å². The van der Waals surface area contributed by atoms with E-state index in [1.807, 2.05) is 0 Å². The quantitative estimate of drug-likeness (QED) is 0.797. The molecule has 0 radical (unpaired) electrons. The summed E-state index contributed by atoms with van der Waals surface area (Å²) in [6, 6.07) is 0.157. The summed E-state index contributed by atoms with van der Waals surface area (Å²) in [4.78, 5) is 28.1. The molecule has 0 aromatic carbocycles. The number of carbonyl (C=O) groups is 2. The number of amides is 1. The fourth-order valence-corrected chi connectivity index (χ4v) is 2.47. The number of likely N-dealkylation sites (tertiary alicyclic amines) is 1. The number of carboxylic acids is 1. The van der Waals surface area contributed by atoms with E-state index < -0.39 is 5.97 Å². The molecule has 1 aliphatic rings. The van der Waals surface area contributed by atoms with Gasteiger partial charge in [-0.2, -0.15) is 0 Å². The van der Waals surface area contributed by atoms with Crippen molar-refractivity contribution in [3.63, 3.8) is 0 Å². The number of carbonyl (C=O) groups excluding carboxylic acids is 1. The lowest BCUT2D eigenvalue weighted by atomic mass is 10.1. The van der Waals surface area contributed by atoms with Crippen LogP contribution in [0.4, 0.5) is 0 Å². The van der Waals surface area contributed by atoms with Crippen LogP contribution in [0.5, 0.6) is 0 Å². The highest BCUT2D eigenvalue weighted by atomic mass is 32.1. The number of piperidine rings is 1. The van der Waals surface area contributed by atoms with Crippen molar-refractivity contribution in [3.05, 3.63) is 16.1 Å². The molecule has 1 aromatic rings. The number of carboxylic acid groups (broad SMARTS) is 1. The highest BCUT2D eigenvalue weighted by Gasteiger charge is 2.24. The lowest BCUT2D eigenvalue weighted by molar-refractivity contribution is 0.0690. The van der Waals surface area contributed by atoms with Crippen LogP contribution in [0.1, 0.15) is 33.1 Å². The Morgan fingerprint density at radius 1 is 1.47 bits per heavy atom. The average molecular weight is 255 g/mol. The van der Waals surface area contributed by atoms with Crippen molar-refractivity contribution >= 4 is 23.2 Å². The second kappa shape index (κ2) is 4.80. The normalized spacial score (nSPS) is 17.1. The van der Waals surface area contributed by atoms with Gasteiger partial charge in [-0.05, 0) is 12.8 Å². The van der Waals surface area contributed by atoms with Crippen LogP contribution < -0.4 is 5.73 Å². The van der Waals surface area contributed by atoms with E-state index in [9.17, 15) is 9.59 Å². The summed E-state index contributed by atoms with van der Waals surface area (Å²) in [7, 11) is 0. The standard InChI is InChI=1S/C10H13N3O3S/c11-6-1-3-13(4-2-6)9(14)8-12-7(5-17-8)10(15)16/h5-6H,1-4,11H2,(H,15,16). The van der Waals surface area contributed by atoms with Crippen molar-refractivity contribution in [2.45, 2.75) is 18.9 Å². The molecule has 1 saturated heterocycles. The molecule has 1 aliphatic heterocycles. The highest BCUT2D eigenvalue weighted by molar-refractivity contribution is 7.11. The zero-order chi connectivity index (χ0) is 12.4. The van der Waals surface area contributed by atoms with Crippen LogP contribution in [0.3, 0.4) is 0 Å². The number of aromatic carboxylic acids is 1. The third-order valence-corrected chi connectivity index (χ3v) is 3.56. The molecular formula is C10H13N3O3S. The number of nitrogens with zero attached hydrogens (tertiary/aromatic N) is 2. The maximum atomic E-state index is 12.0. The predicted molar refractivity (Wildman–Crippen MR) is 62.2 cm³/mol. The van der Waals surface area contributed by atoms with Gasteiger partial charge in [0.15, 0.2) is 10.7 Å². The Morgan fingerprint density at radius 2 is 2.12 bits per heavy atom. The number of hydrogen-bond acceptors (Lipinski definition) is 5. The van der Waals surface area contributed by atoms with Gasteiger partial charge in [0.2, 0.25) is 0 Å². The Kier molecular flexibility index (Phi) is 3.39. The van der Waals surface area contributed by atoms with Crippen LogP contribution >= 0.6 is 11.3 Å². The van der Waals surface area contributed by atoms with E-state index in [0.29, 0.717) is 13.1 Å². The molecule has 1 amide bonds. The number of rotatable bonds is 2. The Balaban J connectivity index is 2.06. The molecule has 1 fully saturated rings. The van der Waals surface area contributed by atoms with Gasteiger partial charge >= 0.3 is 5.97 Å². The Morgan fingerprint density at radius 3 is 2.65 bits per heavy atom. The van der Waals surface area contributed by atoms with E-state index >= 15 is 0 Å². The van der Waals surface area contributed by atoms with E-state index in [4.69, 9.17) is 10.8 Å². The topological polar surface area (TPSA) is 96.5 Å². The summed E-state index contributed by atoms with van der Waals surface area (Å²) >= 11 is 1.07. The number of thiazole rings is 1. The first-order valence-corrected chi connectivity index (χ1v) is 6.19. The van der Waals surface area contributed by atoms with Crippen LogP contribution in [0.25, 0.3) is 0 Å². The van der Waals surface area contributed by atoms with Crippen molar-refractivity contribution in [3.8, 4) is 0 Å². The summed E-state index contributed by atoms with van der Waals surface area (Å²) in [6.45, 7) is 1.23. The molecule has 0 bridgehead atoms. The Labute approximate surface area is 102 Å². The zero-order valence-corrected chi connectivity index (χ0v) is 9.94. The summed E-state index contributed by atoms with van der Waals surface area (Å²) in [6.07, 6.45) is 1.56. The first-order chi connectivity index (χ1) is 8.08. The second-order valence-electron chi connectivity index (χ2n) is 3.97. The fraction of sp³-hybridized carbons (Fsp3) is 0.500. The minimum absolute atomic E-state index is 0.0768. The van der Waals surface area contributed by atoms with Crippen molar-refractivity contribution in [1.82, 2.24) is 9.88 Å². The molecule has 2 heterocycles. The van der Waals surface area contributed by atoms with E-state index in [-0.39, 0.29) is 22.7 Å². The number of hydrogen-bond donors (Lipinski definition) is 2. The van der Waals surface area contributed by atoms with Gasteiger partial charge in [-0.15, -0.1) is 11.3 Å². The molecule has 92 valence electrons.